The van der Waals surface area contributed by atoms with E-state index in [1.807, 2.05) is 0 Å². The van der Waals surface area contributed by atoms with E-state index < -0.39 is 10.4 Å². The smallest absolute Gasteiger partial charge is 0.397 e. The molecule has 0 fully saturated rings. The molecule has 0 unspecified atom stereocenters. The molecule has 1 N–H and O–H groups in total. The molecule has 0 aromatic heterocycles. The number of rotatable bonds is 7. The third-order valence-electron chi connectivity index (χ3n) is 2.05. The Labute approximate surface area is 105 Å². The quantitative estimate of drug-likeness (QED) is 0.460. The molecule has 0 heterocycles. The van der Waals surface area contributed by atoms with Crippen LogP contribution >= 0.6 is 0 Å². The Morgan fingerprint density at radius 1 is 1.22 bits per heavy atom. The Bertz CT molecular complexity index is 491. The molecule has 1 aromatic rings. The second kappa shape index (κ2) is 6.48. The minimum absolute atomic E-state index is 0.0249. The molecule has 100 valence electrons. The van der Waals surface area contributed by atoms with Crippen molar-refractivity contribution in [2.45, 2.75) is 13.3 Å². The van der Waals surface area contributed by atoms with Gasteiger partial charge in [0, 0.05) is 12.0 Å². The summed E-state index contributed by atoms with van der Waals surface area (Å²) in [4.78, 5) is 11.0. The van der Waals surface area contributed by atoms with Gasteiger partial charge in [0.15, 0.2) is 5.78 Å². The number of carbonyl (C=O) groups excluding carboxylic acids is 1. The molecule has 0 bridgehead atoms. The monoisotopic (exact) mass is 274 g/mol. The predicted molar refractivity (Wildman–Crippen MR) is 64.1 cm³/mol. The highest BCUT2D eigenvalue weighted by Crippen LogP contribution is 2.12. The molecule has 6 nitrogen and oxygen atoms in total. The molecule has 7 heteroatoms. The molecule has 0 saturated heterocycles. The molecule has 1 aromatic carbocycles. The first-order chi connectivity index (χ1) is 8.38. The van der Waals surface area contributed by atoms with Crippen LogP contribution in [0.3, 0.4) is 0 Å². The van der Waals surface area contributed by atoms with Crippen molar-refractivity contribution in [1.82, 2.24) is 0 Å². The van der Waals surface area contributed by atoms with E-state index in [2.05, 4.69) is 4.18 Å². The number of ether oxygens (including phenoxy) is 1. The van der Waals surface area contributed by atoms with Crippen molar-refractivity contribution in [2.75, 3.05) is 13.2 Å². The lowest BCUT2D eigenvalue weighted by atomic mass is 10.1. The minimum Gasteiger partial charge on any atom is -0.494 e. The third-order valence-corrected chi connectivity index (χ3v) is 2.52. The summed E-state index contributed by atoms with van der Waals surface area (Å²) in [7, 11) is -4.38. The van der Waals surface area contributed by atoms with Gasteiger partial charge in [0.25, 0.3) is 0 Å². The van der Waals surface area contributed by atoms with Gasteiger partial charge in [-0.05, 0) is 31.2 Å². The molecule has 0 atom stereocenters. The molecule has 0 aliphatic rings. The van der Waals surface area contributed by atoms with Gasteiger partial charge < -0.3 is 4.74 Å². The fourth-order valence-electron chi connectivity index (χ4n) is 1.20. The lowest BCUT2D eigenvalue weighted by Gasteiger charge is -2.06. The van der Waals surface area contributed by atoms with Crippen molar-refractivity contribution in [1.29, 1.82) is 0 Å². The van der Waals surface area contributed by atoms with Gasteiger partial charge in [0.05, 0.1) is 13.2 Å². The van der Waals surface area contributed by atoms with Gasteiger partial charge in [-0.3, -0.25) is 9.35 Å². The first-order valence-corrected chi connectivity index (χ1v) is 6.60. The van der Waals surface area contributed by atoms with Crippen molar-refractivity contribution in [2.24, 2.45) is 0 Å². The fourth-order valence-corrected chi connectivity index (χ4v) is 1.53. The molecule has 1 rings (SSSR count). The van der Waals surface area contributed by atoms with E-state index in [1.165, 1.54) is 6.92 Å². The predicted octanol–water partition coefficient (Wildman–Crippen LogP) is 1.48. The van der Waals surface area contributed by atoms with Gasteiger partial charge >= 0.3 is 10.4 Å². The topological polar surface area (TPSA) is 89.9 Å². The number of carbonyl (C=O) groups is 1. The summed E-state index contributed by atoms with van der Waals surface area (Å²) in [5, 5.41) is 0. The Morgan fingerprint density at radius 2 is 1.83 bits per heavy atom. The van der Waals surface area contributed by atoms with Gasteiger partial charge in [-0.15, -0.1) is 0 Å². The van der Waals surface area contributed by atoms with Crippen LogP contribution in [0.4, 0.5) is 0 Å². The zero-order valence-corrected chi connectivity index (χ0v) is 10.6. The van der Waals surface area contributed by atoms with Crippen LogP contribution in [0, 0.1) is 0 Å². The molecule has 0 radical (unpaired) electrons. The fraction of sp³-hybridized carbons (Fsp3) is 0.364. The highest BCUT2D eigenvalue weighted by molar-refractivity contribution is 7.80. The second-order valence-electron chi connectivity index (χ2n) is 3.53. The Hall–Kier alpha value is -1.44. The maximum Gasteiger partial charge on any atom is 0.397 e. The zero-order valence-electron chi connectivity index (χ0n) is 9.83. The molecule has 0 spiro atoms. The molecular weight excluding hydrogens is 260 g/mol. The highest BCUT2D eigenvalue weighted by Gasteiger charge is 2.03. The molecule has 0 saturated carbocycles. The van der Waals surface area contributed by atoms with E-state index in [1.54, 1.807) is 24.3 Å². The average molecular weight is 274 g/mol. The Balaban J connectivity index is 2.29. The van der Waals surface area contributed by atoms with Crippen LogP contribution in [0.5, 0.6) is 5.75 Å². The van der Waals surface area contributed by atoms with Crippen LogP contribution in [0.1, 0.15) is 23.7 Å². The first kappa shape index (κ1) is 14.6. The average Bonchev–Trinajstić information content (AvgIpc) is 2.27. The maximum atomic E-state index is 11.0. The van der Waals surface area contributed by atoms with Crippen LogP contribution in [-0.2, 0) is 14.6 Å². The number of hydrogen-bond donors (Lipinski definition) is 1. The minimum atomic E-state index is -4.38. The molecular formula is C11H14O6S. The largest absolute Gasteiger partial charge is 0.494 e. The molecule has 0 aliphatic carbocycles. The molecule has 18 heavy (non-hydrogen) atoms. The van der Waals surface area contributed by atoms with Crippen LogP contribution in [0.15, 0.2) is 24.3 Å². The summed E-state index contributed by atoms with van der Waals surface area (Å²) in [6.45, 7) is 1.57. The van der Waals surface area contributed by atoms with E-state index >= 15 is 0 Å². The van der Waals surface area contributed by atoms with Crippen LogP contribution in [0.25, 0.3) is 0 Å². The summed E-state index contributed by atoms with van der Waals surface area (Å²) in [6, 6.07) is 6.60. The van der Waals surface area contributed by atoms with Gasteiger partial charge in [0.1, 0.15) is 5.75 Å². The van der Waals surface area contributed by atoms with Crippen molar-refractivity contribution >= 4 is 16.2 Å². The van der Waals surface area contributed by atoms with Gasteiger partial charge in [-0.25, -0.2) is 4.18 Å². The van der Waals surface area contributed by atoms with Crippen LogP contribution < -0.4 is 4.74 Å². The van der Waals surface area contributed by atoms with Crippen LogP contribution in [-0.4, -0.2) is 32.0 Å². The van der Waals surface area contributed by atoms with Crippen molar-refractivity contribution in [3.8, 4) is 5.75 Å². The number of ketones is 1. The molecule has 0 amide bonds. The molecule has 0 aliphatic heterocycles. The summed E-state index contributed by atoms with van der Waals surface area (Å²) in [5.41, 5.74) is 0.594. The van der Waals surface area contributed by atoms with Crippen molar-refractivity contribution in [3.05, 3.63) is 29.8 Å². The first-order valence-electron chi connectivity index (χ1n) is 5.24. The van der Waals surface area contributed by atoms with E-state index in [9.17, 15) is 13.2 Å². The van der Waals surface area contributed by atoms with E-state index in [-0.39, 0.29) is 19.0 Å². The van der Waals surface area contributed by atoms with Gasteiger partial charge in [0.2, 0.25) is 0 Å². The van der Waals surface area contributed by atoms with Gasteiger partial charge in [-0.2, -0.15) is 8.42 Å². The summed E-state index contributed by atoms with van der Waals surface area (Å²) in [6.07, 6.45) is 0.314. The normalized spacial score (nSPS) is 11.2. The summed E-state index contributed by atoms with van der Waals surface area (Å²) >= 11 is 0. The SMILES string of the molecule is CC(=O)c1ccc(OCCCOS(=O)(=O)O)cc1. The highest BCUT2D eigenvalue weighted by atomic mass is 32.3. The number of Topliss-reactive ketones (excluding diaryl/α,β-unsaturated/α-hetero) is 1. The maximum absolute atomic E-state index is 11.0. The lowest BCUT2D eigenvalue weighted by molar-refractivity contribution is 0.101. The standard InChI is InChI=1S/C11H14O6S/c1-9(12)10-3-5-11(6-4-10)16-7-2-8-17-18(13,14)15/h3-6H,2,7-8H2,1H3,(H,13,14,15). The number of hydrogen-bond acceptors (Lipinski definition) is 5. The van der Waals surface area contributed by atoms with Crippen molar-refractivity contribution < 1.29 is 26.7 Å². The Kier molecular flexibility index (Phi) is 5.26. The van der Waals surface area contributed by atoms with Gasteiger partial charge in [-0.1, -0.05) is 0 Å². The summed E-state index contributed by atoms with van der Waals surface area (Å²) < 4.78 is 38.2. The van der Waals surface area contributed by atoms with Crippen LogP contribution in [0.2, 0.25) is 0 Å². The second-order valence-corrected chi connectivity index (χ2v) is 4.62. The third kappa shape index (κ3) is 5.76. The van der Waals surface area contributed by atoms with E-state index in [0.717, 1.165) is 0 Å². The zero-order chi connectivity index (χ0) is 13.6. The summed E-state index contributed by atoms with van der Waals surface area (Å²) in [5.74, 6) is 0.551. The number of benzene rings is 1. The van der Waals surface area contributed by atoms with Crippen molar-refractivity contribution in [3.63, 3.8) is 0 Å². The Morgan fingerprint density at radius 3 is 2.33 bits per heavy atom. The van der Waals surface area contributed by atoms with E-state index in [4.69, 9.17) is 9.29 Å². The lowest BCUT2D eigenvalue weighted by Crippen LogP contribution is -2.08. The van der Waals surface area contributed by atoms with E-state index in [0.29, 0.717) is 17.7 Å².